The van der Waals surface area contributed by atoms with E-state index in [-0.39, 0.29) is 35.6 Å². The number of benzene rings is 2. The lowest BCUT2D eigenvalue weighted by Gasteiger charge is -2.19. The first-order valence-corrected chi connectivity index (χ1v) is 8.56. The number of nitro benzene ring substituents is 1. The van der Waals surface area contributed by atoms with Gasteiger partial charge in [-0.2, -0.15) is 0 Å². The third kappa shape index (κ3) is 5.44. The zero-order valence-corrected chi connectivity index (χ0v) is 15.9. The lowest BCUT2D eigenvalue weighted by Crippen LogP contribution is -2.28. The summed E-state index contributed by atoms with van der Waals surface area (Å²) >= 11 is 0. The van der Waals surface area contributed by atoms with Gasteiger partial charge in [0.25, 0.3) is 11.6 Å². The third-order valence-corrected chi connectivity index (χ3v) is 4.02. The van der Waals surface area contributed by atoms with Crippen LogP contribution in [0.15, 0.2) is 42.5 Å². The first kappa shape index (κ1) is 20.2. The summed E-state index contributed by atoms with van der Waals surface area (Å²) in [5.74, 6) is 0.532. The van der Waals surface area contributed by atoms with E-state index in [9.17, 15) is 14.9 Å². The molecule has 0 fully saturated rings. The number of hydrogen-bond acceptors (Lipinski definition) is 5. The number of ether oxygens (including phenoxy) is 2. The number of non-ortho nitro benzene ring substituents is 1. The SMILES string of the molecule is COc1ccc([N+](=O)[O-])cc1C(=O)NCCOc1ccc(C(C)(C)C)cc1. The number of methoxy groups -OCH3 is 1. The van der Waals surface area contributed by atoms with Gasteiger partial charge in [0, 0.05) is 12.1 Å². The van der Waals surface area contributed by atoms with E-state index in [0.717, 1.165) is 0 Å². The highest BCUT2D eigenvalue weighted by atomic mass is 16.6. The van der Waals surface area contributed by atoms with Crippen LogP contribution in [-0.2, 0) is 5.41 Å². The summed E-state index contributed by atoms with van der Waals surface area (Å²) in [7, 11) is 1.41. The van der Waals surface area contributed by atoms with Crippen molar-refractivity contribution in [3.63, 3.8) is 0 Å². The Hall–Kier alpha value is -3.09. The van der Waals surface area contributed by atoms with Gasteiger partial charge in [-0.25, -0.2) is 0 Å². The number of carbonyl (C=O) groups is 1. The minimum atomic E-state index is -0.555. The molecule has 27 heavy (non-hydrogen) atoms. The van der Waals surface area contributed by atoms with Crippen molar-refractivity contribution in [1.29, 1.82) is 0 Å². The Labute approximate surface area is 158 Å². The summed E-state index contributed by atoms with van der Waals surface area (Å²) in [6.45, 7) is 6.95. The van der Waals surface area contributed by atoms with Crippen LogP contribution >= 0.6 is 0 Å². The lowest BCUT2D eigenvalue weighted by atomic mass is 9.87. The van der Waals surface area contributed by atoms with Crippen LogP contribution in [0.25, 0.3) is 0 Å². The molecule has 0 unspecified atom stereocenters. The number of carbonyl (C=O) groups excluding carboxylic acids is 1. The average Bonchev–Trinajstić information content (AvgIpc) is 2.64. The van der Waals surface area contributed by atoms with Gasteiger partial charge >= 0.3 is 0 Å². The number of hydrogen-bond donors (Lipinski definition) is 1. The van der Waals surface area contributed by atoms with Crippen molar-refractivity contribution in [2.75, 3.05) is 20.3 Å². The molecule has 0 saturated heterocycles. The second kappa shape index (κ2) is 8.53. The topological polar surface area (TPSA) is 90.7 Å². The van der Waals surface area contributed by atoms with E-state index in [1.54, 1.807) is 0 Å². The Morgan fingerprint density at radius 1 is 1.15 bits per heavy atom. The molecule has 0 saturated carbocycles. The van der Waals surface area contributed by atoms with Crippen LogP contribution in [0, 0.1) is 10.1 Å². The quantitative estimate of drug-likeness (QED) is 0.454. The molecule has 0 aliphatic heterocycles. The van der Waals surface area contributed by atoms with Crippen LogP contribution in [0.1, 0.15) is 36.7 Å². The summed E-state index contributed by atoms with van der Waals surface area (Å²) in [4.78, 5) is 22.6. The van der Waals surface area contributed by atoms with Crippen molar-refractivity contribution < 1.29 is 19.2 Å². The summed E-state index contributed by atoms with van der Waals surface area (Å²) in [6.07, 6.45) is 0. The number of amides is 1. The molecule has 7 nitrogen and oxygen atoms in total. The molecule has 0 aliphatic carbocycles. The molecule has 2 rings (SSSR count). The van der Waals surface area contributed by atoms with Crippen molar-refractivity contribution in [3.8, 4) is 11.5 Å². The maximum atomic E-state index is 12.3. The van der Waals surface area contributed by atoms with E-state index in [1.165, 1.54) is 30.9 Å². The Balaban J connectivity index is 1.91. The molecule has 0 aliphatic rings. The molecule has 1 N–H and O–H groups in total. The van der Waals surface area contributed by atoms with Gasteiger partial charge in [0.2, 0.25) is 0 Å². The van der Waals surface area contributed by atoms with E-state index in [2.05, 4.69) is 26.1 Å². The molecular formula is C20H24N2O5. The monoisotopic (exact) mass is 372 g/mol. The van der Waals surface area contributed by atoms with Crippen LogP contribution in [0.2, 0.25) is 0 Å². The molecule has 0 bridgehead atoms. The van der Waals surface area contributed by atoms with E-state index in [0.29, 0.717) is 5.75 Å². The Bertz CT molecular complexity index is 810. The van der Waals surface area contributed by atoms with Crippen LogP contribution in [0.5, 0.6) is 11.5 Å². The number of nitrogens with zero attached hydrogens (tertiary/aromatic N) is 1. The van der Waals surface area contributed by atoms with Gasteiger partial charge in [-0.1, -0.05) is 32.9 Å². The molecule has 0 atom stereocenters. The maximum absolute atomic E-state index is 12.3. The van der Waals surface area contributed by atoms with Gasteiger partial charge in [0.1, 0.15) is 18.1 Å². The van der Waals surface area contributed by atoms with Crippen LogP contribution < -0.4 is 14.8 Å². The van der Waals surface area contributed by atoms with Crippen molar-refractivity contribution in [3.05, 3.63) is 63.7 Å². The fourth-order valence-electron chi connectivity index (χ4n) is 2.47. The molecule has 7 heteroatoms. The summed E-state index contributed by atoms with van der Waals surface area (Å²) in [6, 6.07) is 11.7. The number of nitro groups is 1. The largest absolute Gasteiger partial charge is 0.496 e. The Kier molecular flexibility index (Phi) is 6.39. The first-order chi connectivity index (χ1) is 12.7. The van der Waals surface area contributed by atoms with Gasteiger partial charge in [0.05, 0.1) is 24.1 Å². The standard InChI is InChI=1S/C20H24N2O5/c1-20(2,3)14-5-8-16(9-6-14)27-12-11-21-19(23)17-13-15(22(24)25)7-10-18(17)26-4/h5-10,13H,11-12H2,1-4H3,(H,21,23). The molecular weight excluding hydrogens is 348 g/mol. The molecule has 1 amide bonds. The van der Waals surface area contributed by atoms with E-state index in [4.69, 9.17) is 9.47 Å². The smallest absolute Gasteiger partial charge is 0.270 e. The average molecular weight is 372 g/mol. The molecule has 0 spiro atoms. The highest BCUT2D eigenvalue weighted by molar-refractivity contribution is 5.97. The zero-order chi connectivity index (χ0) is 20.0. The molecule has 144 valence electrons. The predicted octanol–water partition coefficient (Wildman–Crippen LogP) is 3.71. The Morgan fingerprint density at radius 3 is 2.37 bits per heavy atom. The zero-order valence-electron chi connectivity index (χ0n) is 15.9. The van der Waals surface area contributed by atoms with Crippen LogP contribution in [0.3, 0.4) is 0 Å². The van der Waals surface area contributed by atoms with Crippen LogP contribution in [0.4, 0.5) is 5.69 Å². The first-order valence-electron chi connectivity index (χ1n) is 8.56. The maximum Gasteiger partial charge on any atom is 0.270 e. The van der Waals surface area contributed by atoms with Gasteiger partial charge in [0.15, 0.2) is 0 Å². The second-order valence-electron chi connectivity index (χ2n) is 7.02. The molecule has 0 radical (unpaired) electrons. The van der Waals surface area contributed by atoms with Crippen molar-refractivity contribution in [2.45, 2.75) is 26.2 Å². The minimum Gasteiger partial charge on any atom is -0.496 e. The van der Waals surface area contributed by atoms with Crippen molar-refractivity contribution in [2.24, 2.45) is 0 Å². The Morgan fingerprint density at radius 2 is 1.81 bits per heavy atom. The summed E-state index contributed by atoms with van der Waals surface area (Å²) in [5.41, 5.74) is 1.22. The fraction of sp³-hybridized carbons (Fsp3) is 0.350. The predicted molar refractivity (Wildman–Crippen MR) is 103 cm³/mol. The number of nitrogens with one attached hydrogen (secondary N) is 1. The molecule has 2 aromatic rings. The highest BCUT2D eigenvalue weighted by Gasteiger charge is 2.17. The van der Waals surface area contributed by atoms with Crippen LogP contribution in [-0.4, -0.2) is 31.1 Å². The number of rotatable bonds is 7. The minimum absolute atomic E-state index is 0.0733. The molecule has 0 heterocycles. The van der Waals surface area contributed by atoms with E-state index in [1.807, 2.05) is 24.3 Å². The molecule has 2 aromatic carbocycles. The fourth-order valence-corrected chi connectivity index (χ4v) is 2.47. The molecule has 0 aromatic heterocycles. The van der Waals surface area contributed by atoms with Gasteiger partial charge in [-0.15, -0.1) is 0 Å². The van der Waals surface area contributed by atoms with E-state index >= 15 is 0 Å². The van der Waals surface area contributed by atoms with Crippen molar-refractivity contribution >= 4 is 11.6 Å². The summed E-state index contributed by atoms with van der Waals surface area (Å²) < 4.78 is 10.7. The van der Waals surface area contributed by atoms with Gasteiger partial charge < -0.3 is 14.8 Å². The highest BCUT2D eigenvalue weighted by Crippen LogP contribution is 2.25. The van der Waals surface area contributed by atoms with Gasteiger partial charge in [-0.05, 0) is 29.2 Å². The van der Waals surface area contributed by atoms with E-state index < -0.39 is 10.8 Å². The second-order valence-corrected chi connectivity index (χ2v) is 7.02. The summed E-state index contributed by atoms with van der Waals surface area (Å²) in [5, 5.41) is 13.6. The normalized spacial score (nSPS) is 11.0. The lowest BCUT2D eigenvalue weighted by molar-refractivity contribution is -0.384. The van der Waals surface area contributed by atoms with Gasteiger partial charge in [-0.3, -0.25) is 14.9 Å². The van der Waals surface area contributed by atoms with Crippen molar-refractivity contribution in [1.82, 2.24) is 5.32 Å². The third-order valence-electron chi connectivity index (χ3n) is 4.02.